The second-order valence-corrected chi connectivity index (χ2v) is 4.63. The van der Waals surface area contributed by atoms with Crippen molar-refractivity contribution >= 4 is 0 Å². The maximum Gasteiger partial charge on any atom is 0.163 e. The Balaban J connectivity index is 2.14. The molecule has 1 aromatic heterocycles. The van der Waals surface area contributed by atoms with Crippen LogP contribution in [-0.4, -0.2) is 9.67 Å². The lowest BCUT2D eigenvalue weighted by Crippen LogP contribution is -2.01. The van der Waals surface area contributed by atoms with Crippen molar-refractivity contribution in [1.29, 1.82) is 0 Å². The molecule has 0 bridgehead atoms. The maximum atomic E-state index is 13.5. The van der Waals surface area contributed by atoms with Gasteiger partial charge >= 0.3 is 0 Å². The summed E-state index contributed by atoms with van der Waals surface area (Å²) >= 11 is 0. The van der Waals surface area contributed by atoms with Crippen molar-refractivity contribution in [1.82, 2.24) is 4.57 Å². The molecule has 0 aliphatic rings. The van der Waals surface area contributed by atoms with Crippen LogP contribution in [-0.2, 0) is 6.54 Å². The summed E-state index contributed by atoms with van der Waals surface area (Å²) in [5, 5.41) is 9.85. The van der Waals surface area contributed by atoms with Crippen LogP contribution in [0, 0.1) is 11.6 Å². The number of aromatic nitrogens is 1. The van der Waals surface area contributed by atoms with Gasteiger partial charge in [-0.1, -0.05) is 25.5 Å². The molecule has 0 spiro atoms. The van der Waals surface area contributed by atoms with Gasteiger partial charge in [-0.3, -0.25) is 0 Å². The quantitative estimate of drug-likeness (QED) is 0.877. The summed E-state index contributed by atoms with van der Waals surface area (Å²) in [4.78, 5) is 0. The van der Waals surface area contributed by atoms with Gasteiger partial charge in [-0.15, -0.1) is 0 Å². The van der Waals surface area contributed by atoms with Gasteiger partial charge in [-0.05, 0) is 24.1 Å². The number of halogens is 2. The third kappa shape index (κ3) is 3.20. The van der Waals surface area contributed by atoms with Gasteiger partial charge in [0.25, 0.3) is 0 Å². The molecule has 1 aromatic carbocycles. The largest absolute Gasteiger partial charge is 0.388 e. The topological polar surface area (TPSA) is 25.2 Å². The van der Waals surface area contributed by atoms with Crippen molar-refractivity contribution in [2.45, 2.75) is 32.4 Å². The Hall–Kier alpha value is -1.68. The number of aliphatic hydroxyl groups excluding tert-OH is 1. The zero-order valence-electron chi connectivity index (χ0n) is 10.8. The highest BCUT2D eigenvalue weighted by atomic mass is 19.2. The summed E-state index contributed by atoms with van der Waals surface area (Å²) in [6.45, 7) is 2.25. The third-order valence-electron chi connectivity index (χ3n) is 3.10. The lowest BCUT2D eigenvalue weighted by Gasteiger charge is -2.07. The van der Waals surface area contributed by atoms with Gasteiger partial charge in [0, 0.05) is 24.5 Å². The first-order valence-corrected chi connectivity index (χ1v) is 6.38. The molecule has 0 radical (unpaired) electrons. The number of hydrogen-bond donors (Lipinski definition) is 1. The molecule has 19 heavy (non-hydrogen) atoms. The summed E-state index contributed by atoms with van der Waals surface area (Å²) < 4.78 is 28.4. The maximum absolute atomic E-state index is 13.5. The van der Waals surface area contributed by atoms with Crippen LogP contribution in [0.25, 0.3) is 0 Å². The van der Waals surface area contributed by atoms with E-state index in [1.165, 1.54) is 6.07 Å². The summed E-state index contributed by atoms with van der Waals surface area (Å²) in [6, 6.07) is 5.95. The van der Waals surface area contributed by atoms with Crippen LogP contribution >= 0.6 is 0 Å². The molecule has 1 heterocycles. The van der Waals surface area contributed by atoms with Crippen LogP contribution in [0.1, 0.15) is 37.0 Å². The molecule has 0 saturated heterocycles. The van der Waals surface area contributed by atoms with Gasteiger partial charge in [0.05, 0.1) is 6.10 Å². The minimum absolute atomic E-state index is 0.252. The molecule has 0 amide bonds. The van der Waals surface area contributed by atoms with Crippen molar-refractivity contribution < 1.29 is 13.9 Å². The molecule has 0 aliphatic carbocycles. The van der Waals surface area contributed by atoms with Crippen LogP contribution in [0.2, 0.25) is 0 Å². The summed E-state index contributed by atoms with van der Waals surface area (Å²) in [7, 11) is 0. The second-order valence-electron chi connectivity index (χ2n) is 4.63. The molecule has 0 fully saturated rings. The molecule has 0 aliphatic heterocycles. The van der Waals surface area contributed by atoms with Crippen LogP contribution in [0.5, 0.6) is 0 Å². The Labute approximate surface area is 111 Å². The Morgan fingerprint density at radius 1 is 1.26 bits per heavy atom. The fraction of sp³-hybridized carbons (Fsp3) is 0.333. The second kappa shape index (κ2) is 5.97. The third-order valence-corrected chi connectivity index (χ3v) is 3.10. The van der Waals surface area contributed by atoms with E-state index >= 15 is 0 Å². The summed E-state index contributed by atoms with van der Waals surface area (Å²) in [5.74, 6) is -1.65. The van der Waals surface area contributed by atoms with E-state index in [2.05, 4.69) is 0 Å². The number of benzene rings is 1. The molecule has 2 rings (SSSR count). The number of nitrogens with zero attached hydrogens (tertiary/aromatic N) is 1. The van der Waals surface area contributed by atoms with E-state index in [9.17, 15) is 13.9 Å². The molecule has 0 saturated carbocycles. The van der Waals surface area contributed by atoms with E-state index in [1.807, 2.05) is 6.92 Å². The molecule has 1 unspecified atom stereocenters. The number of rotatable bonds is 5. The van der Waals surface area contributed by atoms with Gasteiger partial charge in [0.15, 0.2) is 11.6 Å². The minimum atomic E-state index is -0.837. The lowest BCUT2D eigenvalue weighted by molar-refractivity contribution is 0.166. The first-order valence-electron chi connectivity index (χ1n) is 6.38. The average Bonchev–Trinajstić information content (AvgIpc) is 2.84. The van der Waals surface area contributed by atoms with Crippen molar-refractivity contribution in [3.05, 3.63) is 59.4 Å². The summed E-state index contributed by atoms with van der Waals surface area (Å²) in [5.41, 5.74) is 1.10. The van der Waals surface area contributed by atoms with E-state index in [0.29, 0.717) is 12.0 Å². The summed E-state index contributed by atoms with van der Waals surface area (Å²) in [6.07, 6.45) is 4.62. The van der Waals surface area contributed by atoms with Crippen LogP contribution in [0.15, 0.2) is 36.7 Å². The Morgan fingerprint density at radius 2 is 2.05 bits per heavy atom. The van der Waals surface area contributed by atoms with Crippen LogP contribution in [0.4, 0.5) is 8.78 Å². The predicted octanol–water partition coefficient (Wildman–Crippen LogP) is 3.65. The highest BCUT2D eigenvalue weighted by Crippen LogP contribution is 2.19. The molecular weight excluding hydrogens is 248 g/mol. The molecule has 4 heteroatoms. The Morgan fingerprint density at radius 3 is 2.79 bits per heavy atom. The zero-order valence-corrected chi connectivity index (χ0v) is 10.8. The van der Waals surface area contributed by atoms with E-state index in [-0.39, 0.29) is 6.54 Å². The fourth-order valence-electron chi connectivity index (χ4n) is 2.06. The standard InChI is InChI=1S/C15H17F2NO/c1-2-4-14(19)11-7-8-18(9-11)10-12-5-3-6-13(16)15(12)17/h3,5-9,14,19H,2,4,10H2,1H3. The van der Waals surface area contributed by atoms with E-state index in [4.69, 9.17) is 0 Å². The molecule has 1 N–H and O–H groups in total. The lowest BCUT2D eigenvalue weighted by atomic mass is 10.1. The zero-order chi connectivity index (χ0) is 13.8. The first-order chi connectivity index (χ1) is 9.11. The fourth-order valence-corrected chi connectivity index (χ4v) is 2.06. The molecule has 102 valence electrons. The van der Waals surface area contributed by atoms with Crippen molar-refractivity contribution in [2.24, 2.45) is 0 Å². The number of hydrogen-bond acceptors (Lipinski definition) is 1. The molecule has 2 aromatic rings. The smallest absolute Gasteiger partial charge is 0.163 e. The van der Waals surface area contributed by atoms with Gasteiger partial charge in [0.2, 0.25) is 0 Å². The van der Waals surface area contributed by atoms with Gasteiger partial charge < -0.3 is 9.67 Å². The molecule has 1 atom stereocenters. The number of aliphatic hydroxyl groups is 1. The van der Waals surface area contributed by atoms with Gasteiger partial charge in [-0.2, -0.15) is 0 Å². The van der Waals surface area contributed by atoms with E-state index in [1.54, 1.807) is 29.1 Å². The van der Waals surface area contributed by atoms with Crippen molar-refractivity contribution in [3.8, 4) is 0 Å². The highest BCUT2D eigenvalue weighted by molar-refractivity contribution is 5.21. The van der Waals surface area contributed by atoms with E-state index < -0.39 is 17.7 Å². The normalized spacial score (nSPS) is 12.6. The van der Waals surface area contributed by atoms with Crippen LogP contribution in [0.3, 0.4) is 0 Å². The average molecular weight is 265 g/mol. The molecule has 2 nitrogen and oxygen atoms in total. The van der Waals surface area contributed by atoms with Gasteiger partial charge in [-0.25, -0.2) is 8.78 Å². The van der Waals surface area contributed by atoms with Crippen molar-refractivity contribution in [3.63, 3.8) is 0 Å². The monoisotopic (exact) mass is 265 g/mol. The highest BCUT2D eigenvalue weighted by Gasteiger charge is 2.10. The van der Waals surface area contributed by atoms with Gasteiger partial charge in [0.1, 0.15) is 0 Å². The van der Waals surface area contributed by atoms with Crippen molar-refractivity contribution in [2.75, 3.05) is 0 Å². The van der Waals surface area contributed by atoms with Crippen LogP contribution < -0.4 is 0 Å². The predicted molar refractivity (Wildman–Crippen MR) is 69.8 cm³/mol. The first kappa shape index (κ1) is 13.7. The Kier molecular flexibility index (Phi) is 4.32. The minimum Gasteiger partial charge on any atom is -0.388 e. The van der Waals surface area contributed by atoms with E-state index in [0.717, 1.165) is 18.1 Å². The SMILES string of the molecule is CCCC(O)c1ccn(Cc2cccc(F)c2F)c1. The Bertz CT molecular complexity index is 551. The molecular formula is C15H17F2NO.